The van der Waals surface area contributed by atoms with E-state index in [4.69, 9.17) is 29.9 Å². The molecule has 0 spiro atoms. The molecule has 0 aliphatic rings. The number of rotatable bonds is 7. The summed E-state index contributed by atoms with van der Waals surface area (Å²) in [5.74, 6) is 2.10. The maximum Gasteiger partial charge on any atom is 0.236 e. The molecule has 33 aromatic rings. The highest BCUT2D eigenvalue weighted by Crippen LogP contribution is 2.55. The molecule has 0 fully saturated rings. The zero-order valence-corrected chi connectivity index (χ0v) is 80.9. The number of nitrogens with zero attached hydrogens (tertiary/aromatic N) is 9. The highest BCUT2D eigenvalue weighted by molar-refractivity contribution is 7.28. The van der Waals surface area contributed by atoms with Gasteiger partial charge in [0.05, 0.1) is 64.3 Å². The lowest BCUT2D eigenvalue weighted by atomic mass is 9.99. The minimum atomic E-state index is 0.696. The average Bonchev–Trinajstić information content (AvgIpc) is 1.54. The summed E-state index contributed by atoms with van der Waals surface area (Å²) in [6.07, 6.45) is 0. The fraction of sp³-hybridized carbons (Fsp3) is 0. The van der Waals surface area contributed by atoms with Gasteiger partial charge in [-0.3, -0.25) is 13.7 Å². The van der Waals surface area contributed by atoms with Gasteiger partial charge in [-0.05, 0) is 126 Å². The first-order valence-electron chi connectivity index (χ1n) is 47.9. The van der Waals surface area contributed by atoms with Crippen molar-refractivity contribution in [1.29, 1.82) is 0 Å². The first-order chi connectivity index (χ1) is 71.0. The molecule has 0 saturated carbocycles. The minimum absolute atomic E-state index is 0.696. The molecule has 0 aliphatic heterocycles. The first kappa shape index (κ1) is 80.8. The molecule has 0 atom stereocenters. The minimum Gasteiger partial charge on any atom is -0.276 e. The summed E-state index contributed by atoms with van der Waals surface area (Å²) in [4.78, 5) is 35.9. The number of para-hydroxylation sites is 3. The van der Waals surface area contributed by atoms with E-state index < -0.39 is 0 Å². The third-order valence-corrected chi connectivity index (χ3v) is 35.8. The third-order valence-electron chi connectivity index (χ3n) is 29.1. The van der Waals surface area contributed by atoms with Gasteiger partial charge in [0.25, 0.3) is 0 Å². The largest absolute Gasteiger partial charge is 0.276 e. The van der Waals surface area contributed by atoms with Crippen molar-refractivity contribution in [2.75, 3.05) is 0 Å². The zero-order chi connectivity index (χ0) is 93.3. The van der Waals surface area contributed by atoms with Crippen LogP contribution in [0.15, 0.2) is 431 Å². The normalized spacial score (nSPS) is 12.2. The Kier molecular flexibility index (Phi) is 17.9. The molecule has 0 saturated heterocycles. The van der Waals surface area contributed by atoms with E-state index in [1.54, 1.807) is 34.0 Å². The van der Waals surface area contributed by atoms with Crippen LogP contribution < -0.4 is 0 Å². The molecule has 0 unspecified atom stereocenters. The van der Waals surface area contributed by atoms with Gasteiger partial charge in [0.15, 0.2) is 0 Å². The Morgan fingerprint density at radius 1 is 0.161 bits per heavy atom. The lowest BCUT2D eigenvalue weighted by Gasteiger charge is -2.13. The molecule has 0 amide bonds. The van der Waals surface area contributed by atoms with E-state index >= 15 is 0 Å². The summed E-state index contributed by atoms with van der Waals surface area (Å²) >= 11 is 10.8. The SMILES string of the molecule is c1ccc(-c2ccc(-c3nc(-n4c5ccccc5c5c6ccccc6c6c7ccccc7sc6c54)nc4sc5ccccc5c34)cc2)cc1.c1ccc2c(-c3nc(-n4c5ccccc5c5c6ccccc6c6c7ccccc7sc6c54)nc4sc5ccccc5c34)cccc2c1.c1ccc2cc(-c3nc(-n4c5ccccc5c5c6ccccc6c6c7ccccc7sc6c54)nc4sc5ccccc5c34)ccc2c1. The molecule has 0 aliphatic carbocycles. The topological polar surface area (TPSA) is 92.1 Å². The Labute approximate surface area is 838 Å². The van der Waals surface area contributed by atoms with E-state index in [1.807, 2.05) is 34.0 Å². The molecule has 0 radical (unpaired) electrons. The summed E-state index contributed by atoms with van der Waals surface area (Å²) in [7, 11) is 0. The standard InChI is InChI=1S/C44H25N3S2.2C42H23N3S2/c1-2-12-26(13-3-1)27-22-24-28(25-23-27)40-39-33-18-8-11-21-36(33)49-43(39)46-44(45-40)47-34-19-9-6-16-31(34)37-29-14-4-5-15-30(29)38-32-17-7-10-20-35(32)48-42(38)41(37)47;1-2-14-25-24(12-1)13-11-20-28(25)38-37-31-19-7-10-23-34(31)47-41(37)44-42(43-38)45-32-21-8-5-17-29(32)35-26-15-3-4-16-27(26)36-30-18-6-9-22-33(30)46-40(36)39(35)45;1-2-12-25-23-26(22-21-24(25)11-1)38-37-31-17-7-10-20-34(31)47-41(37)44-42(43-38)45-32-18-8-5-15-29(32)35-27-13-3-4-14-28(27)36-30-16-6-9-19-33(30)46-40(36)39(35)45/h1-25H;2*1-23H. The van der Waals surface area contributed by atoms with Crippen LogP contribution in [0.25, 0.3) is 303 Å². The van der Waals surface area contributed by atoms with Crippen LogP contribution in [0.4, 0.5) is 0 Å². The predicted octanol–water partition coefficient (Wildman–Crippen LogP) is 37.4. The molecule has 15 heteroatoms. The molecule has 664 valence electrons. The van der Waals surface area contributed by atoms with Gasteiger partial charge in [0.1, 0.15) is 14.5 Å². The van der Waals surface area contributed by atoms with Crippen molar-refractivity contribution in [3.8, 4) is 62.7 Å². The van der Waals surface area contributed by atoms with Crippen LogP contribution in [0.2, 0.25) is 0 Å². The lowest BCUT2D eigenvalue weighted by Crippen LogP contribution is -2.03. The number of benzene rings is 21. The number of hydrogen-bond donors (Lipinski definition) is 0. The van der Waals surface area contributed by atoms with Crippen molar-refractivity contribution in [2.45, 2.75) is 0 Å². The number of aromatic nitrogens is 9. The van der Waals surface area contributed by atoms with Gasteiger partial charge in [-0.25, -0.2) is 29.9 Å². The summed E-state index contributed by atoms with van der Waals surface area (Å²) in [6.45, 7) is 0. The molecule has 21 aromatic carbocycles. The predicted molar refractivity (Wildman–Crippen MR) is 616 cm³/mol. The third kappa shape index (κ3) is 12.2. The molecule has 33 rings (SSSR count). The molecule has 12 aromatic heterocycles. The van der Waals surface area contributed by atoms with E-state index in [0.29, 0.717) is 17.8 Å². The highest BCUT2D eigenvalue weighted by atomic mass is 32.1. The molecular weight excluding hydrogens is 1860 g/mol. The molecule has 0 bridgehead atoms. The average molecular weight is 1930 g/mol. The van der Waals surface area contributed by atoms with E-state index in [2.05, 4.69) is 444 Å². The zero-order valence-electron chi connectivity index (χ0n) is 76.0. The van der Waals surface area contributed by atoms with Crippen molar-refractivity contribution in [3.63, 3.8) is 0 Å². The summed E-state index contributed by atoms with van der Waals surface area (Å²) in [6, 6.07) is 155. The smallest absolute Gasteiger partial charge is 0.236 e. The van der Waals surface area contributed by atoms with Crippen molar-refractivity contribution in [2.24, 2.45) is 0 Å². The van der Waals surface area contributed by atoms with Crippen LogP contribution in [0.5, 0.6) is 0 Å². The van der Waals surface area contributed by atoms with Crippen molar-refractivity contribution in [1.82, 2.24) is 43.6 Å². The van der Waals surface area contributed by atoms with E-state index in [0.717, 1.165) is 81.0 Å². The van der Waals surface area contributed by atoms with Crippen molar-refractivity contribution in [3.05, 3.63) is 431 Å². The van der Waals surface area contributed by atoms with Crippen LogP contribution in [-0.4, -0.2) is 43.6 Å². The first-order valence-corrected chi connectivity index (χ1v) is 52.8. The Bertz CT molecular complexity index is 11300. The van der Waals surface area contributed by atoms with Crippen LogP contribution in [0.1, 0.15) is 0 Å². The van der Waals surface area contributed by atoms with Crippen LogP contribution in [-0.2, 0) is 0 Å². The maximum atomic E-state index is 5.59. The molecule has 0 N–H and O–H groups in total. The highest BCUT2D eigenvalue weighted by Gasteiger charge is 2.31. The van der Waals surface area contributed by atoms with E-state index in [-0.39, 0.29) is 0 Å². The van der Waals surface area contributed by atoms with Crippen LogP contribution in [0.3, 0.4) is 0 Å². The molecular formula is C128H71N9S6. The fourth-order valence-electron chi connectivity index (χ4n) is 23.0. The van der Waals surface area contributed by atoms with Gasteiger partial charge in [0.2, 0.25) is 17.8 Å². The molecule has 12 heterocycles. The van der Waals surface area contributed by atoms with Crippen LogP contribution in [0, 0.1) is 0 Å². The van der Waals surface area contributed by atoms with Gasteiger partial charge in [-0.2, -0.15) is 0 Å². The quantitative estimate of drug-likeness (QED) is 0.158. The van der Waals surface area contributed by atoms with Crippen LogP contribution >= 0.6 is 68.0 Å². The molecule has 9 nitrogen and oxygen atoms in total. The van der Waals surface area contributed by atoms with Gasteiger partial charge < -0.3 is 0 Å². The fourth-order valence-corrected chi connectivity index (χ4v) is 30.0. The van der Waals surface area contributed by atoms with Gasteiger partial charge in [-0.1, -0.05) is 370 Å². The second-order valence-corrected chi connectivity index (χ2v) is 43.0. The summed E-state index contributed by atoms with van der Waals surface area (Å²) in [5, 5.41) is 34.5. The number of fused-ring (bicyclic) bond motifs is 41. The number of hydrogen-bond acceptors (Lipinski definition) is 12. The second-order valence-electron chi connectivity index (χ2n) is 36.8. The van der Waals surface area contributed by atoms with E-state index in [1.165, 1.54) is 205 Å². The van der Waals surface area contributed by atoms with Crippen molar-refractivity contribution >= 4 is 309 Å². The lowest BCUT2D eigenvalue weighted by molar-refractivity contribution is 1.02. The summed E-state index contributed by atoms with van der Waals surface area (Å²) < 4.78 is 18.3. The second kappa shape index (κ2) is 31.7. The van der Waals surface area contributed by atoms with Crippen molar-refractivity contribution < 1.29 is 0 Å². The molecule has 143 heavy (non-hydrogen) atoms. The Balaban J connectivity index is 0.0000000981. The summed E-state index contributed by atoms with van der Waals surface area (Å²) in [5.41, 5.74) is 15.4. The Hall–Kier alpha value is -17.1. The monoisotopic (exact) mass is 1930 g/mol. The van der Waals surface area contributed by atoms with Gasteiger partial charge >= 0.3 is 0 Å². The van der Waals surface area contributed by atoms with E-state index in [9.17, 15) is 0 Å². The van der Waals surface area contributed by atoms with Gasteiger partial charge in [0, 0.05) is 142 Å². The Morgan fingerprint density at radius 3 is 0.839 bits per heavy atom. The Morgan fingerprint density at radius 2 is 0.434 bits per heavy atom. The van der Waals surface area contributed by atoms with Gasteiger partial charge in [-0.15, -0.1) is 68.0 Å². The number of thiophene rings is 6. The maximum absolute atomic E-state index is 5.59.